The van der Waals surface area contributed by atoms with Crippen molar-refractivity contribution in [3.63, 3.8) is 0 Å². The van der Waals surface area contributed by atoms with Gasteiger partial charge in [0.05, 0.1) is 12.8 Å². The maximum absolute atomic E-state index is 13.0. The lowest BCUT2D eigenvalue weighted by molar-refractivity contribution is 0.415. The Kier molecular flexibility index (Phi) is 8.82. The maximum Gasteiger partial charge on any atom is 0.191 e. The zero-order chi connectivity index (χ0) is 19.1. The third-order valence-electron chi connectivity index (χ3n) is 4.80. The van der Waals surface area contributed by atoms with Crippen molar-refractivity contribution >= 4 is 35.6 Å². The van der Waals surface area contributed by atoms with Crippen LogP contribution in [0.2, 0.25) is 0 Å². The summed E-state index contributed by atoms with van der Waals surface area (Å²) in [5, 5.41) is 6.83. The van der Waals surface area contributed by atoms with Crippen molar-refractivity contribution in [3.8, 4) is 5.75 Å². The molecule has 1 heterocycles. The molecule has 28 heavy (non-hydrogen) atoms. The second-order valence-electron chi connectivity index (χ2n) is 6.62. The van der Waals surface area contributed by atoms with Crippen molar-refractivity contribution < 1.29 is 9.13 Å². The monoisotopic (exact) mass is 498 g/mol. The molecule has 1 fully saturated rings. The van der Waals surface area contributed by atoms with Crippen LogP contribution in [-0.4, -0.2) is 45.8 Å². The van der Waals surface area contributed by atoms with E-state index in [4.69, 9.17) is 4.74 Å². The molecule has 2 N–H and O–H groups in total. The van der Waals surface area contributed by atoms with Gasteiger partial charge in [-0.2, -0.15) is 0 Å². The van der Waals surface area contributed by atoms with Crippen LogP contribution >= 0.6 is 24.0 Å². The first kappa shape index (κ1) is 22.3. The summed E-state index contributed by atoms with van der Waals surface area (Å²) in [6.07, 6.45) is 1.86. The lowest BCUT2D eigenvalue weighted by Gasteiger charge is -2.22. The number of rotatable bonds is 6. The van der Waals surface area contributed by atoms with E-state index in [0.717, 1.165) is 55.4 Å². The molecule has 0 amide bonds. The van der Waals surface area contributed by atoms with Gasteiger partial charge in [-0.25, -0.2) is 4.39 Å². The number of hydrogen-bond donors (Lipinski definition) is 2. The Morgan fingerprint density at radius 3 is 2.68 bits per heavy atom. The minimum atomic E-state index is -0.204. The number of methoxy groups -OCH3 is 1. The van der Waals surface area contributed by atoms with Crippen molar-refractivity contribution in [1.29, 1.82) is 0 Å². The zero-order valence-corrected chi connectivity index (χ0v) is 18.7. The first-order valence-corrected chi connectivity index (χ1v) is 9.29. The largest absolute Gasteiger partial charge is 0.495 e. The smallest absolute Gasteiger partial charge is 0.191 e. The van der Waals surface area contributed by atoms with Crippen LogP contribution in [0, 0.1) is 5.82 Å². The molecule has 7 heteroatoms. The molecule has 0 bridgehead atoms. The Morgan fingerprint density at radius 1 is 1.21 bits per heavy atom. The minimum absolute atomic E-state index is 0. The minimum Gasteiger partial charge on any atom is -0.495 e. The second-order valence-corrected chi connectivity index (χ2v) is 6.62. The number of hydrogen-bond acceptors (Lipinski definition) is 3. The zero-order valence-electron chi connectivity index (χ0n) is 16.3. The van der Waals surface area contributed by atoms with Crippen molar-refractivity contribution in [2.75, 3.05) is 38.7 Å². The molecule has 1 unspecified atom stereocenters. The molecule has 5 nitrogen and oxygen atoms in total. The van der Waals surface area contributed by atoms with Crippen molar-refractivity contribution in [1.82, 2.24) is 10.6 Å². The molecule has 1 aliphatic heterocycles. The number of halogens is 2. The van der Waals surface area contributed by atoms with Gasteiger partial charge in [-0.05, 0) is 42.7 Å². The average Bonchev–Trinajstić information content (AvgIpc) is 3.17. The molecule has 1 saturated heterocycles. The lowest BCUT2D eigenvalue weighted by atomic mass is 10.1. The van der Waals surface area contributed by atoms with Crippen molar-refractivity contribution in [2.45, 2.75) is 18.9 Å². The lowest BCUT2D eigenvalue weighted by Crippen LogP contribution is -2.45. The molecular formula is C21H28FIN4O. The summed E-state index contributed by atoms with van der Waals surface area (Å²) in [6, 6.07) is 15.1. The van der Waals surface area contributed by atoms with E-state index in [2.05, 4.69) is 26.6 Å². The Labute approximate surface area is 183 Å². The van der Waals surface area contributed by atoms with Gasteiger partial charge in [0.15, 0.2) is 5.96 Å². The molecule has 1 aliphatic rings. The molecule has 3 rings (SSSR count). The van der Waals surface area contributed by atoms with Gasteiger partial charge in [-0.15, -0.1) is 24.0 Å². The van der Waals surface area contributed by atoms with Gasteiger partial charge in [-0.1, -0.05) is 24.3 Å². The summed E-state index contributed by atoms with van der Waals surface area (Å²) < 4.78 is 18.4. The summed E-state index contributed by atoms with van der Waals surface area (Å²) in [5.41, 5.74) is 2.23. The molecule has 0 aliphatic carbocycles. The Hall–Kier alpha value is -2.03. The van der Waals surface area contributed by atoms with E-state index in [-0.39, 0.29) is 29.8 Å². The first-order valence-electron chi connectivity index (χ1n) is 9.29. The SMILES string of the molecule is CN=C(NCCc1ccc(F)cc1)NC1CCN(c2ccccc2OC)C1.I. The summed E-state index contributed by atoms with van der Waals surface area (Å²) in [5.74, 6) is 1.49. The summed E-state index contributed by atoms with van der Waals surface area (Å²) in [7, 11) is 3.48. The van der Waals surface area contributed by atoms with Gasteiger partial charge in [0, 0.05) is 32.7 Å². The molecule has 0 radical (unpaired) electrons. The predicted molar refractivity (Wildman–Crippen MR) is 124 cm³/mol. The Morgan fingerprint density at radius 2 is 1.96 bits per heavy atom. The highest BCUT2D eigenvalue weighted by Gasteiger charge is 2.25. The summed E-state index contributed by atoms with van der Waals surface area (Å²) in [6.45, 7) is 2.62. The van der Waals surface area contributed by atoms with E-state index < -0.39 is 0 Å². The van der Waals surface area contributed by atoms with E-state index in [1.165, 1.54) is 12.1 Å². The maximum atomic E-state index is 13.0. The molecule has 0 aromatic heterocycles. The van der Waals surface area contributed by atoms with E-state index in [1.54, 1.807) is 14.2 Å². The molecule has 2 aromatic carbocycles. The fourth-order valence-electron chi connectivity index (χ4n) is 3.35. The van der Waals surface area contributed by atoms with Gasteiger partial charge >= 0.3 is 0 Å². The standard InChI is InChI=1S/C21H27FN4O.HI/c1-23-21(24-13-11-16-7-9-17(22)10-8-16)25-18-12-14-26(15-18)19-5-3-4-6-20(19)27-2;/h3-10,18H,11-15H2,1-2H3,(H2,23,24,25);1H. The van der Waals surface area contributed by atoms with Crippen molar-refractivity contribution in [3.05, 3.63) is 59.9 Å². The van der Waals surface area contributed by atoms with E-state index >= 15 is 0 Å². The topological polar surface area (TPSA) is 48.9 Å². The number of benzene rings is 2. The van der Waals surface area contributed by atoms with Gasteiger partial charge in [-0.3, -0.25) is 4.99 Å². The second kappa shape index (κ2) is 11.1. The Balaban J connectivity index is 0.00000280. The number of ether oxygens (including phenoxy) is 1. The third-order valence-corrected chi connectivity index (χ3v) is 4.80. The number of anilines is 1. The molecule has 2 aromatic rings. The molecular weight excluding hydrogens is 470 g/mol. The molecule has 152 valence electrons. The van der Waals surface area contributed by atoms with Gasteiger partial charge in [0.2, 0.25) is 0 Å². The molecule has 0 spiro atoms. The van der Waals surface area contributed by atoms with E-state index in [0.29, 0.717) is 6.04 Å². The van der Waals surface area contributed by atoms with Crippen LogP contribution in [0.5, 0.6) is 5.75 Å². The van der Waals surface area contributed by atoms with Crippen LogP contribution in [0.25, 0.3) is 0 Å². The van der Waals surface area contributed by atoms with Crippen LogP contribution in [0.4, 0.5) is 10.1 Å². The normalized spacial score (nSPS) is 16.5. The summed E-state index contributed by atoms with van der Waals surface area (Å²) in [4.78, 5) is 6.66. The summed E-state index contributed by atoms with van der Waals surface area (Å²) >= 11 is 0. The van der Waals surface area contributed by atoms with E-state index in [1.807, 2.05) is 30.3 Å². The van der Waals surface area contributed by atoms with Crippen molar-refractivity contribution in [2.24, 2.45) is 4.99 Å². The van der Waals surface area contributed by atoms with Crippen LogP contribution < -0.4 is 20.3 Å². The first-order chi connectivity index (χ1) is 13.2. The van der Waals surface area contributed by atoms with Crippen LogP contribution in [-0.2, 0) is 6.42 Å². The molecule has 1 atom stereocenters. The van der Waals surface area contributed by atoms with Crippen LogP contribution in [0.3, 0.4) is 0 Å². The van der Waals surface area contributed by atoms with Gasteiger partial charge in [0.1, 0.15) is 11.6 Å². The van der Waals surface area contributed by atoms with Gasteiger partial charge < -0.3 is 20.3 Å². The number of nitrogens with one attached hydrogen (secondary N) is 2. The Bertz CT molecular complexity index is 769. The fourth-order valence-corrected chi connectivity index (χ4v) is 3.35. The highest BCUT2D eigenvalue weighted by atomic mass is 127. The predicted octanol–water partition coefficient (Wildman–Crippen LogP) is 3.44. The molecule has 0 saturated carbocycles. The third kappa shape index (κ3) is 5.98. The number of guanidine groups is 1. The highest BCUT2D eigenvalue weighted by molar-refractivity contribution is 14.0. The van der Waals surface area contributed by atoms with Gasteiger partial charge in [0.25, 0.3) is 0 Å². The van der Waals surface area contributed by atoms with Crippen LogP contribution in [0.1, 0.15) is 12.0 Å². The number of nitrogens with zero attached hydrogens (tertiary/aromatic N) is 2. The number of para-hydroxylation sites is 2. The van der Waals surface area contributed by atoms with Crippen LogP contribution in [0.15, 0.2) is 53.5 Å². The number of aliphatic imine (C=N–C) groups is 1. The average molecular weight is 498 g/mol. The fraction of sp³-hybridized carbons (Fsp3) is 0.381. The quantitative estimate of drug-likeness (QED) is 0.364. The van der Waals surface area contributed by atoms with E-state index in [9.17, 15) is 4.39 Å². The highest BCUT2D eigenvalue weighted by Crippen LogP contribution is 2.30.